The molecule has 0 aliphatic rings. The number of hydrazone groups is 1. The molecule has 4 aromatic rings. The van der Waals surface area contributed by atoms with Crippen LogP contribution in [0.1, 0.15) is 16.2 Å². The summed E-state index contributed by atoms with van der Waals surface area (Å²) in [5.74, 6) is 0.244. The van der Waals surface area contributed by atoms with Crippen molar-refractivity contribution in [1.29, 1.82) is 0 Å². The van der Waals surface area contributed by atoms with Crippen LogP contribution in [-0.4, -0.2) is 17.1 Å². The summed E-state index contributed by atoms with van der Waals surface area (Å²) in [4.78, 5) is 15.9. The predicted molar refractivity (Wildman–Crippen MR) is 105 cm³/mol. The molecule has 0 spiro atoms. The number of hydrogen-bond donors (Lipinski definition) is 2. The summed E-state index contributed by atoms with van der Waals surface area (Å²) in [5, 5.41) is 4.93. The van der Waals surface area contributed by atoms with Crippen LogP contribution in [0, 0.1) is 0 Å². The number of nitrogens with zero attached hydrogens (tertiary/aromatic N) is 1. The van der Waals surface area contributed by atoms with Crippen molar-refractivity contribution < 1.29 is 9.21 Å². The average Bonchev–Trinajstić information content (AvgIpc) is 3.29. The number of fused-ring (bicyclic) bond motifs is 1. The quantitative estimate of drug-likeness (QED) is 0.370. The number of carbonyl (C=O) groups is 1. The number of aromatic amines is 1. The van der Waals surface area contributed by atoms with E-state index < -0.39 is 0 Å². The van der Waals surface area contributed by atoms with Crippen LogP contribution in [0.2, 0.25) is 0 Å². The van der Waals surface area contributed by atoms with Crippen LogP contribution >= 0.6 is 15.9 Å². The number of carbonyl (C=O) groups excluding carboxylic acids is 1. The fraction of sp³-hybridized carbons (Fsp3) is 0. The van der Waals surface area contributed by atoms with Crippen molar-refractivity contribution in [3.05, 3.63) is 82.9 Å². The number of amides is 1. The van der Waals surface area contributed by atoms with E-state index >= 15 is 0 Å². The Kier molecular flexibility index (Phi) is 4.41. The molecular formula is C20H14BrN3O2. The Hall–Kier alpha value is -3.12. The fourth-order valence-electron chi connectivity index (χ4n) is 2.81. The zero-order valence-electron chi connectivity index (χ0n) is 13.6. The van der Waals surface area contributed by atoms with Crippen LogP contribution in [0.5, 0.6) is 0 Å². The van der Waals surface area contributed by atoms with Crippen LogP contribution in [0.4, 0.5) is 0 Å². The Bertz CT molecular complexity index is 1080. The maximum absolute atomic E-state index is 12.7. The van der Waals surface area contributed by atoms with Gasteiger partial charge in [-0.1, -0.05) is 46.3 Å². The number of rotatable bonds is 4. The van der Waals surface area contributed by atoms with E-state index in [2.05, 4.69) is 31.4 Å². The summed E-state index contributed by atoms with van der Waals surface area (Å²) < 4.78 is 6.11. The highest BCUT2D eigenvalue weighted by Crippen LogP contribution is 2.34. The third-order valence-corrected chi connectivity index (χ3v) is 4.44. The Morgan fingerprint density at radius 3 is 2.73 bits per heavy atom. The maximum Gasteiger partial charge on any atom is 0.288 e. The van der Waals surface area contributed by atoms with Crippen LogP contribution < -0.4 is 5.43 Å². The van der Waals surface area contributed by atoms with Crippen molar-refractivity contribution in [1.82, 2.24) is 10.4 Å². The summed E-state index contributed by atoms with van der Waals surface area (Å²) >= 11 is 3.50. The standard InChI is InChI=1S/C20H14BrN3O2/c21-14-8-9-17-16(11-14)18(13-5-2-1-3-6-13)19(23-17)20(25)24-22-12-15-7-4-10-26-15/h1-12,23H,(H,24,25). The third kappa shape index (κ3) is 3.19. The van der Waals surface area contributed by atoms with Gasteiger partial charge in [0.1, 0.15) is 11.5 Å². The molecule has 6 heteroatoms. The molecule has 0 aliphatic carbocycles. The van der Waals surface area contributed by atoms with E-state index in [9.17, 15) is 4.79 Å². The smallest absolute Gasteiger partial charge is 0.288 e. The molecule has 0 unspecified atom stereocenters. The van der Waals surface area contributed by atoms with Gasteiger partial charge >= 0.3 is 0 Å². The highest BCUT2D eigenvalue weighted by Gasteiger charge is 2.19. The first kappa shape index (κ1) is 16.4. The lowest BCUT2D eigenvalue weighted by Gasteiger charge is -2.04. The lowest BCUT2D eigenvalue weighted by molar-refractivity contribution is 0.0951. The Morgan fingerprint density at radius 1 is 1.12 bits per heavy atom. The zero-order valence-corrected chi connectivity index (χ0v) is 15.2. The SMILES string of the molecule is O=C(NN=Cc1ccco1)c1[nH]c2ccc(Br)cc2c1-c1ccccc1. The van der Waals surface area contributed by atoms with Gasteiger partial charge in [0.25, 0.3) is 5.91 Å². The van der Waals surface area contributed by atoms with Gasteiger partial charge in [-0.15, -0.1) is 0 Å². The molecule has 128 valence electrons. The van der Waals surface area contributed by atoms with Crippen molar-refractivity contribution in [2.24, 2.45) is 5.10 Å². The monoisotopic (exact) mass is 407 g/mol. The molecule has 4 rings (SSSR count). The lowest BCUT2D eigenvalue weighted by Crippen LogP contribution is -2.18. The summed E-state index contributed by atoms with van der Waals surface area (Å²) in [7, 11) is 0. The number of nitrogens with one attached hydrogen (secondary N) is 2. The van der Waals surface area contributed by atoms with Gasteiger partial charge in [0.15, 0.2) is 0 Å². The molecule has 0 bridgehead atoms. The second-order valence-electron chi connectivity index (χ2n) is 5.65. The van der Waals surface area contributed by atoms with Gasteiger partial charge in [-0.25, -0.2) is 5.43 Å². The molecule has 0 saturated carbocycles. The number of benzene rings is 2. The van der Waals surface area contributed by atoms with Gasteiger partial charge in [-0.2, -0.15) is 5.10 Å². The number of furan rings is 1. The highest BCUT2D eigenvalue weighted by atomic mass is 79.9. The third-order valence-electron chi connectivity index (χ3n) is 3.95. The second kappa shape index (κ2) is 7.01. The lowest BCUT2D eigenvalue weighted by atomic mass is 10.0. The molecule has 2 aromatic carbocycles. The number of H-pyrrole nitrogens is 1. The Balaban J connectivity index is 1.75. The maximum atomic E-state index is 12.7. The van der Waals surface area contributed by atoms with E-state index in [4.69, 9.17) is 4.42 Å². The summed E-state index contributed by atoms with van der Waals surface area (Å²) in [5.41, 5.74) is 5.69. The second-order valence-corrected chi connectivity index (χ2v) is 6.56. The molecular weight excluding hydrogens is 394 g/mol. The molecule has 2 heterocycles. The molecule has 1 amide bonds. The van der Waals surface area contributed by atoms with E-state index in [-0.39, 0.29) is 5.91 Å². The van der Waals surface area contributed by atoms with Crippen molar-refractivity contribution in [2.75, 3.05) is 0 Å². The van der Waals surface area contributed by atoms with Crippen molar-refractivity contribution >= 4 is 39.0 Å². The van der Waals surface area contributed by atoms with Gasteiger partial charge in [0, 0.05) is 20.9 Å². The Morgan fingerprint density at radius 2 is 1.96 bits per heavy atom. The van der Waals surface area contributed by atoms with Crippen molar-refractivity contribution in [2.45, 2.75) is 0 Å². The first-order valence-corrected chi connectivity index (χ1v) is 8.75. The number of halogens is 1. The summed E-state index contributed by atoms with van der Waals surface area (Å²) in [6.45, 7) is 0. The van der Waals surface area contributed by atoms with Gasteiger partial charge in [0.2, 0.25) is 0 Å². The fourth-order valence-corrected chi connectivity index (χ4v) is 3.18. The molecule has 0 fully saturated rings. The minimum absolute atomic E-state index is 0.320. The van der Waals surface area contributed by atoms with Gasteiger partial charge < -0.3 is 9.40 Å². The van der Waals surface area contributed by atoms with Gasteiger partial charge in [-0.05, 0) is 35.9 Å². The number of aromatic nitrogens is 1. The molecule has 26 heavy (non-hydrogen) atoms. The van der Waals surface area contributed by atoms with E-state index in [0.717, 1.165) is 26.5 Å². The molecule has 2 N–H and O–H groups in total. The van der Waals surface area contributed by atoms with Crippen molar-refractivity contribution in [3.63, 3.8) is 0 Å². The predicted octanol–water partition coefficient (Wildman–Crippen LogP) is 4.95. The first-order chi connectivity index (χ1) is 12.7. The van der Waals surface area contributed by atoms with Gasteiger partial charge in [-0.3, -0.25) is 4.79 Å². The zero-order chi connectivity index (χ0) is 17.9. The molecule has 0 aliphatic heterocycles. The molecule has 0 saturated heterocycles. The summed E-state index contributed by atoms with van der Waals surface area (Å²) in [6, 6.07) is 19.2. The van der Waals surface area contributed by atoms with E-state index in [1.165, 1.54) is 6.21 Å². The van der Waals surface area contributed by atoms with E-state index in [0.29, 0.717) is 11.5 Å². The highest BCUT2D eigenvalue weighted by molar-refractivity contribution is 9.10. The topological polar surface area (TPSA) is 70.4 Å². The van der Waals surface area contributed by atoms with Crippen molar-refractivity contribution in [3.8, 4) is 11.1 Å². The van der Waals surface area contributed by atoms with Crippen LogP contribution in [-0.2, 0) is 0 Å². The minimum atomic E-state index is -0.320. The van der Waals surface area contributed by atoms with E-state index in [1.807, 2.05) is 48.5 Å². The number of hydrogen-bond acceptors (Lipinski definition) is 3. The average molecular weight is 408 g/mol. The first-order valence-electron chi connectivity index (χ1n) is 7.96. The molecule has 2 aromatic heterocycles. The van der Waals surface area contributed by atoms with E-state index in [1.54, 1.807) is 18.4 Å². The Labute approximate surface area is 157 Å². The van der Waals surface area contributed by atoms with Crippen LogP contribution in [0.3, 0.4) is 0 Å². The summed E-state index contributed by atoms with van der Waals surface area (Å²) in [6.07, 6.45) is 3.01. The molecule has 0 radical (unpaired) electrons. The minimum Gasteiger partial charge on any atom is -0.463 e. The van der Waals surface area contributed by atoms with Crippen LogP contribution in [0.25, 0.3) is 22.0 Å². The normalized spacial score (nSPS) is 11.3. The molecule has 5 nitrogen and oxygen atoms in total. The van der Waals surface area contributed by atoms with Crippen LogP contribution in [0.15, 0.2) is 80.9 Å². The molecule has 0 atom stereocenters. The largest absolute Gasteiger partial charge is 0.463 e. The van der Waals surface area contributed by atoms with Gasteiger partial charge in [0.05, 0.1) is 12.5 Å².